The number of para-hydroxylation sites is 3. The van der Waals surface area contributed by atoms with Crippen molar-refractivity contribution in [2.45, 2.75) is 0 Å². The normalized spacial score (nSPS) is 11.8. The molecule has 0 atom stereocenters. The Bertz CT molecular complexity index is 2790. The molecule has 0 aliphatic heterocycles. The summed E-state index contributed by atoms with van der Waals surface area (Å²) in [5.41, 5.74) is 7.83. The van der Waals surface area contributed by atoms with Gasteiger partial charge in [0, 0.05) is 32.7 Å². The first kappa shape index (κ1) is 26.6. The van der Waals surface area contributed by atoms with Crippen LogP contribution in [-0.4, -0.2) is 19.5 Å². The van der Waals surface area contributed by atoms with Crippen molar-refractivity contribution >= 4 is 54.5 Å². The summed E-state index contributed by atoms with van der Waals surface area (Å²) in [4.78, 5) is 15.5. The van der Waals surface area contributed by atoms with Crippen LogP contribution in [0.2, 0.25) is 0 Å². The number of nitrogens with zero attached hydrogens (tertiary/aromatic N) is 4. The maximum absolute atomic E-state index is 6.25. The van der Waals surface area contributed by atoms with Crippen molar-refractivity contribution in [1.29, 1.82) is 0 Å². The molecule has 0 aliphatic carbocycles. The third-order valence-electron chi connectivity index (χ3n) is 9.27. The van der Waals surface area contributed by atoms with E-state index < -0.39 is 0 Å². The molecule has 0 spiro atoms. The number of furan rings is 1. The molecule has 3 heterocycles. The summed E-state index contributed by atoms with van der Waals surface area (Å²) in [5.74, 6) is 1.76. The average Bonchev–Trinajstić information content (AvgIpc) is 3.71. The first-order chi connectivity index (χ1) is 23.8. The second-order valence-electron chi connectivity index (χ2n) is 12.1. The summed E-state index contributed by atoms with van der Waals surface area (Å²) in [6.45, 7) is 0. The zero-order valence-corrected chi connectivity index (χ0v) is 25.7. The molecule has 0 N–H and O–H groups in total. The van der Waals surface area contributed by atoms with Gasteiger partial charge in [0.15, 0.2) is 11.6 Å². The topological polar surface area (TPSA) is 56.7 Å². The molecule has 10 aromatic rings. The van der Waals surface area contributed by atoms with Crippen LogP contribution in [0.5, 0.6) is 0 Å². The van der Waals surface area contributed by atoms with Gasteiger partial charge in [-0.2, -0.15) is 9.97 Å². The SMILES string of the molecule is c1ccc2cc(-c3ccc(-c4nc(-c5cccc6oc7ccccc7c56)nc(-n5c6ccccc6c6ccccc65)n4)cc3)ccc2c1. The lowest BCUT2D eigenvalue weighted by Gasteiger charge is -2.12. The van der Waals surface area contributed by atoms with Crippen molar-refractivity contribution in [3.63, 3.8) is 0 Å². The van der Waals surface area contributed by atoms with E-state index in [1.54, 1.807) is 0 Å². The van der Waals surface area contributed by atoms with Gasteiger partial charge in [-0.15, -0.1) is 0 Å². The lowest BCUT2D eigenvalue weighted by molar-refractivity contribution is 0.669. The van der Waals surface area contributed by atoms with Gasteiger partial charge in [-0.1, -0.05) is 127 Å². The Hall–Kier alpha value is -6.59. The van der Waals surface area contributed by atoms with Gasteiger partial charge in [-0.25, -0.2) is 4.98 Å². The van der Waals surface area contributed by atoms with Crippen LogP contribution in [0, 0.1) is 0 Å². The second kappa shape index (κ2) is 10.5. The number of fused-ring (bicyclic) bond motifs is 7. The maximum Gasteiger partial charge on any atom is 0.238 e. The Morgan fingerprint density at radius 1 is 0.417 bits per heavy atom. The molecule has 0 amide bonds. The van der Waals surface area contributed by atoms with Gasteiger partial charge < -0.3 is 4.42 Å². The van der Waals surface area contributed by atoms with Crippen molar-refractivity contribution in [1.82, 2.24) is 19.5 Å². The molecular formula is C43H26N4O. The van der Waals surface area contributed by atoms with Crippen molar-refractivity contribution in [2.75, 3.05) is 0 Å². The summed E-state index contributed by atoms with van der Waals surface area (Å²) in [7, 11) is 0. The summed E-state index contributed by atoms with van der Waals surface area (Å²) >= 11 is 0. The smallest absolute Gasteiger partial charge is 0.238 e. The van der Waals surface area contributed by atoms with Gasteiger partial charge in [0.05, 0.1) is 11.0 Å². The molecule has 10 rings (SSSR count). The van der Waals surface area contributed by atoms with Crippen LogP contribution in [0.4, 0.5) is 0 Å². The van der Waals surface area contributed by atoms with E-state index in [9.17, 15) is 0 Å². The number of benzene rings is 7. The molecule has 0 aliphatic rings. The highest BCUT2D eigenvalue weighted by atomic mass is 16.3. The lowest BCUT2D eigenvalue weighted by atomic mass is 10.00. The largest absolute Gasteiger partial charge is 0.456 e. The average molecular weight is 615 g/mol. The molecule has 0 fully saturated rings. The lowest BCUT2D eigenvalue weighted by Crippen LogP contribution is -2.06. The Morgan fingerprint density at radius 2 is 1.02 bits per heavy atom. The molecule has 0 saturated heterocycles. The molecule has 0 bridgehead atoms. The maximum atomic E-state index is 6.25. The van der Waals surface area contributed by atoms with Crippen LogP contribution in [0.25, 0.3) is 94.4 Å². The fourth-order valence-electron chi connectivity index (χ4n) is 6.99. The molecule has 224 valence electrons. The predicted octanol–water partition coefficient (Wildman–Crippen LogP) is 11.0. The Labute approximate surface area is 275 Å². The third kappa shape index (κ3) is 4.15. The highest BCUT2D eigenvalue weighted by Crippen LogP contribution is 2.37. The van der Waals surface area contributed by atoms with Crippen molar-refractivity contribution in [2.24, 2.45) is 0 Å². The molecule has 48 heavy (non-hydrogen) atoms. The van der Waals surface area contributed by atoms with E-state index in [1.807, 2.05) is 30.3 Å². The fraction of sp³-hybridized carbons (Fsp3) is 0. The minimum absolute atomic E-state index is 0.566. The van der Waals surface area contributed by atoms with E-state index in [1.165, 1.54) is 16.3 Å². The number of rotatable bonds is 4. The van der Waals surface area contributed by atoms with E-state index in [-0.39, 0.29) is 0 Å². The molecule has 3 aromatic heterocycles. The zero-order chi connectivity index (χ0) is 31.6. The van der Waals surface area contributed by atoms with Crippen LogP contribution >= 0.6 is 0 Å². The summed E-state index contributed by atoms with van der Waals surface area (Å²) in [5, 5.41) is 6.78. The molecule has 7 aromatic carbocycles. The van der Waals surface area contributed by atoms with Crippen LogP contribution in [0.3, 0.4) is 0 Å². The Morgan fingerprint density at radius 3 is 1.81 bits per heavy atom. The number of aromatic nitrogens is 4. The monoisotopic (exact) mass is 614 g/mol. The van der Waals surface area contributed by atoms with Gasteiger partial charge in [0.2, 0.25) is 5.95 Å². The summed E-state index contributed by atoms with van der Waals surface area (Å²) in [6.07, 6.45) is 0. The van der Waals surface area contributed by atoms with Gasteiger partial charge in [0.25, 0.3) is 0 Å². The fourth-order valence-corrected chi connectivity index (χ4v) is 6.99. The molecule has 5 nitrogen and oxygen atoms in total. The van der Waals surface area contributed by atoms with Gasteiger partial charge in [-0.3, -0.25) is 4.57 Å². The van der Waals surface area contributed by atoms with E-state index in [2.05, 4.69) is 132 Å². The number of hydrogen-bond acceptors (Lipinski definition) is 4. The highest BCUT2D eigenvalue weighted by molar-refractivity contribution is 6.12. The molecule has 0 saturated carbocycles. The minimum Gasteiger partial charge on any atom is -0.456 e. The molecule has 5 heteroatoms. The van der Waals surface area contributed by atoms with E-state index >= 15 is 0 Å². The van der Waals surface area contributed by atoms with Crippen LogP contribution in [-0.2, 0) is 0 Å². The van der Waals surface area contributed by atoms with Crippen molar-refractivity contribution < 1.29 is 4.42 Å². The van der Waals surface area contributed by atoms with Gasteiger partial charge >= 0.3 is 0 Å². The molecule has 0 radical (unpaired) electrons. The Balaban J connectivity index is 1.20. The second-order valence-corrected chi connectivity index (χ2v) is 12.1. The minimum atomic E-state index is 0.566. The highest BCUT2D eigenvalue weighted by Gasteiger charge is 2.20. The first-order valence-electron chi connectivity index (χ1n) is 16.0. The molecular weight excluding hydrogens is 589 g/mol. The van der Waals surface area contributed by atoms with Crippen LogP contribution < -0.4 is 0 Å². The summed E-state index contributed by atoms with van der Waals surface area (Å²) < 4.78 is 8.40. The summed E-state index contributed by atoms with van der Waals surface area (Å²) in [6, 6.07) is 54.6. The van der Waals surface area contributed by atoms with Crippen molar-refractivity contribution in [3.05, 3.63) is 158 Å². The quantitative estimate of drug-likeness (QED) is 0.198. The van der Waals surface area contributed by atoms with E-state index in [0.717, 1.165) is 60.4 Å². The standard InChI is InChI=1S/C43H26N4O/c1-2-11-30-26-31(25-22-27(30)10-1)28-20-23-29(24-21-28)41-44-42(35-15-9-19-39-40(35)34-14-5-8-18-38(34)48-39)46-43(45-41)47-36-16-6-3-12-32(36)33-13-4-7-17-37(33)47/h1-26H. The zero-order valence-electron chi connectivity index (χ0n) is 25.7. The third-order valence-corrected chi connectivity index (χ3v) is 9.27. The van der Waals surface area contributed by atoms with Gasteiger partial charge in [0.1, 0.15) is 11.2 Å². The first-order valence-corrected chi connectivity index (χ1v) is 16.0. The number of hydrogen-bond donors (Lipinski definition) is 0. The molecule has 0 unspecified atom stereocenters. The van der Waals surface area contributed by atoms with Crippen LogP contribution in [0.1, 0.15) is 0 Å². The van der Waals surface area contributed by atoms with E-state index in [0.29, 0.717) is 17.6 Å². The Kier molecular flexibility index (Phi) is 5.81. The van der Waals surface area contributed by atoms with E-state index in [4.69, 9.17) is 19.4 Å². The van der Waals surface area contributed by atoms with Crippen LogP contribution in [0.15, 0.2) is 162 Å². The van der Waals surface area contributed by atoms with Crippen molar-refractivity contribution in [3.8, 4) is 39.9 Å². The van der Waals surface area contributed by atoms with Gasteiger partial charge in [-0.05, 0) is 52.2 Å². The predicted molar refractivity (Wildman–Crippen MR) is 195 cm³/mol.